The first-order valence-corrected chi connectivity index (χ1v) is 9.07. The fourth-order valence-electron chi connectivity index (χ4n) is 2.24. The molecule has 1 unspecified atom stereocenters. The lowest BCUT2D eigenvalue weighted by Gasteiger charge is -2.30. The lowest BCUT2D eigenvalue weighted by molar-refractivity contribution is 0.0699. The zero-order chi connectivity index (χ0) is 14.1. The Labute approximate surface area is 118 Å². The third-order valence-corrected chi connectivity index (χ3v) is 6.32. The molecule has 0 aromatic heterocycles. The van der Waals surface area contributed by atoms with Crippen LogP contribution in [0.4, 0.5) is 0 Å². The van der Waals surface area contributed by atoms with Crippen molar-refractivity contribution in [3.05, 3.63) is 35.9 Å². The molecule has 0 saturated heterocycles. The minimum atomic E-state index is -2.54. The van der Waals surface area contributed by atoms with Crippen molar-refractivity contribution in [3.8, 4) is 0 Å². The highest BCUT2D eigenvalue weighted by atomic mass is 28.4. The highest BCUT2D eigenvalue weighted by Crippen LogP contribution is 2.28. The van der Waals surface area contributed by atoms with Gasteiger partial charge in [-0.1, -0.05) is 37.3 Å². The topological polar surface area (TPSA) is 27.7 Å². The monoisotopic (exact) mass is 282 g/mol. The van der Waals surface area contributed by atoms with Crippen molar-refractivity contribution < 1.29 is 13.3 Å². The highest BCUT2D eigenvalue weighted by Gasteiger charge is 2.42. The van der Waals surface area contributed by atoms with Crippen LogP contribution in [0.5, 0.6) is 0 Å². The van der Waals surface area contributed by atoms with Crippen LogP contribution in [0.1, 0.15) is 39.2 Å². The molecule has 0 radical (unpaired) electrons. The Balaban J connectivity index is 2.80. The van der Waals surface area contributed by atoms with Gasteiger partial charge < -0.3 is 13.3 Å². The quantitative estimate of drug-likeness (QED) is 0.644. The maximum Gasteiger partial charge on any atom is 0.501 e. The van der Waals surface area contributed by atoms with Gasteiger partial charge in [-0.15, -0.1) is 0 Å². The Kier molecular flexibility index (Phi) is 7.31. The molecule has 0 aliphatic carbocycles. The van der Waals surface area contributed by atoms with E-state index >= 15 is 0 Å². The van der Waals surface area contributed by atoms with Crippen LogP contribution in [0.3, 0.4) is 0 Å². The molecule has 0 N–H and O–H groups in total. The molecule has 0 fully saturated rings. The molecule has 1 aromatic carbocycles. The third kappa shape index (κ3) is 5.07. The minimum Gasteiger partial charge on any atom is -0.374 e. The van der Waals surface area contributed by atoms with Gasteiger partial charge in [-0.2, -0.15) is 0 Å². The van der Waals surface area contributed by atoms with Crippen molar-refractivity contribution in [2.45, 2.75) is 39.7 Å². The van der Waals surface area contributed by atoms with E-state index in [9.17, 15) is 0 Å². The maximum absolute atomic E-state index is 5.90. The zero-order valence-corrected chi connectivity index (χ0v) is 13.5. The van der Waals surface area contributed by atoms with E-state index in [1.165, 1.54) is 5.56 Å². The Morgan fingerprint density at radius 1 is 0.895 bits per heavy atom. The second-order valence-corrected chi connectivity index (χ2v) is 7.14. The summed E-state index contributed by atoms with van der Waals surface area (Å²) in [6, 6.07) is 11.3. The molecule has 0 aliphatic rings. The second kappa shape index (κ2) is 8.48. The summed E-state index contributed by atoms with van der Waals surface area (Å²) >= 11 is 0. The summed E-state index contributed by atoms with van der Waals surface area (Å²) in [4.78, 5) is 0. The molecule has 0 aliphatic heterocycles. The van der Waals surface area contributed by atoms with E-state index in [0.717, 1.165) is 6.04 Å². The average molecular weight is 282 g/mol. The van der Waals surface area contributed by atoms with E-state index in [-0.39, 0.29) is 0 Å². The van der Waals surface area contributed by atoms with Crippen LogP contribution in [0.2, 0.25) is 6.04 Å². The largest absolute Gasteiger partial charge is 0.501 e. The van der Waals surface area contributed by atoms with Crippen LogP contribution < -0.4 is 0 Å². The minimum absolute atomic E-state index is 0.373. The molecule has 1 rings (SSSR count). The summed E-state index contributed by atoms with van der Waals surface area (Å²) in [6.45, 7) is 10.1. The van der Waals surface area contributed by atoms with Gasteiger partial charge in [0.25, 0.3) is 0 Å². The van der Waals surface area contributed by atoms with Gasteiger partial charge in [0.05, 0.1) is 0 Å². The Morgan fingerprint density at radius 3 is 1.79 bits per heavy atom. The summed E-state index contributed by atoms with van der Waals surface area (Å²) in [5, 5.41) is 0. The summed E-state index contributed by atoms with van der Waals surface area (Å²) in [5.41, 5.74) is 1.30. The molecular formula is C15H26O3Si. The first-order valence-electron chi connectivity index (χ1n) is 7.14. The molecule has 3 nitrogen and oxygen atoms in total. The molecule has 0 amide bonds. The molecule has 0 bridgehead atoms. The Bertz CT molecular complexity index is 325. The molecule has 19 heavy (non-hydrogen) atoms. The third-order valence-electron chi connectivity index (χ3n) is 3.02. The smallest absolute Gasteiger partial charge is 0.374 e. The van der Waals surface area contributed by atoms with E-state index in [1.807, 2.05) is 26.8 Å². The van der Waals surface area contributed by atoms with Gasteiger partial charge >= 0.3 is 8.80 Å². The van der Waals surface area contributed by atoms with Gasteiger partial charge in [0.2, 0.25) is 0 Å². The molecule has 0 saturated carbocycles. The van der Waals surface area contributed by atoms with Crippen LogP contribution in [-0.4, -0.2) is 28.6 Å². The molecule has 1 atom stereocenters. The molecule has 0 heterocycles. The van der Waals surface area contributed by atoms with Crippen LogP contribution in [0.25, 0.3) is 0 Å². The lowest BCUT2D eigenvalue weighted by atomic mass is 10.0. The number of benzene rings is 1. The van der Waals surface area contributed by atoms with Gasteiger partial charge in [0.1, 0.15) is 0 Å². The normalized spacial score (nSPS) is 13.5. The van der Waals surface area contributed by atoms with E-state index in [0.29, 0.717) is 25.7 Å². The molecule has 108 valence electrons. The Hall–Kier alpha value is -0.683. The number of hydrogen-bond acceptors (Lipinski definition) is 3. The standard InChI is InChI=1S/C15H26O3Si/c1-5-16-19(17-6-2,18-7-3)13-14(4)15-11-9-8-10-12-15/h8-12,14H,5-7,13H2,1-4H3. The number of hydrogen-bond donors (Lipinski definition) is 0. The Morgan fingerprint density at radius 2 is 1.37 bits per heavy atom. The van der Waals surface area contributed by atoms with Crippen LogP contribution in [0, 0.1) is 0 Å². The van der Waals surface area contributed by atoms with E-state index < -0.39 is 8.80 Å². The van der Waals surface area contributed by atoms with E-state index in [2.05, 4.69) is 31.2 Å². The van der Waals surface area contributed by atoms with Crippen molar-refractivity contribution in [2.24, 2.45) is 0 Å². The van der Waals surface area contributed by atoms with E-state index in [1.54, 1.807) is 0 Å². The second-order valence-electron chi connectivity index (χ2n) is 4.50. The van der Waals surface area contributed by atoms with E-state index in [4.69, 9.17) is 13.3 Å². The fourth-order valence-corrected chi connectivity index (χ4v) is 5.14. The summed E-state index contributed by atoms with van der Waals surface area (Å²) in [5.74, 6) is 0.373. The summed E-state index contributed by atoms with van der Waals surface area (Å²) in [6.07, 6.45) is 0. The van der Waals surface area contributed by atoms with Gasteiger partial charge in [0.15, 0.2) is 0 Å². The number of rotatable bonds is 9. The first kappa shape index (κ1) is 16.4. The van der Waals surface area contributed by atoms with Crippen molar-refractivity contribution in [1.82, 2.24) is 0 Å². The first-order chi connectivity index (χ1) is 9.17. The fraction of sp³-hybridized carbons (Fsp3) is 0.600. The maximum atomic E-state index is 5.90. The molecule has 4 heteroatoms. The predicted octanol–water partition coefficient (Wildman–Crippen LogP) is 3.84. The van der Waals surface area contributed by atoms with Crippen molar-refractivity contribution in [2.75, 3.05) is 19.8 Å². The van der Waals surface area contributed by atoms with Crippen molar-refractivity contribution >= 4 is 8.80 Å². The highest BCUT2D eigenvalue weighted by molar-refractivity contribution is 6.60. The molecule has 1 aromatic rings. The lowest BCUT2D eigenvalue weighted by Crippen LogP contribution is -2.46. The average Bonchev–Trinajstić information content (AvgIpc) is 2.40. The molecular weight excluding hydrogens is 256 g/mol. The van der Waals surface area contributed by atoms with Crippen LogP contribution in [-0.2, 0) is 13.3 Å². The summed E-state index contributed by atoms with van der Waals surface area (Å²) < 4.78 is 17.7. The molecule has 0 spiro atoms. The predicted molar refractivity (Wildman–Crippen MR) is 80.3 cm³/mol. The van der Waals surface area contributed by atoms with Crippen LogP contribution >= 0.6 is 0 Å². The van der Waals surface area contributed by atoms with Gasteiger partial charge in [0, 0.05) is 25.9 Å². The SMILES string of the molecule is CCO[Si](CC(C)c1ccccc1)(OCC)OCC. The van der Waals surface area contributed by atoms with Crippen molar-refractivity contribution in [1.29, 1.82) is 0 Å². The van der Waals surface area contributed by atoms with Gasteiger partial charge in [-0.05, 0) is 32.3 Å². The van der Waals surface area contributed by atoms with Crippen LogP contribution in [0.15, 0.2) is 30.3 Å². The summed E-state index contributed by atoms with van der Waals surface area (Å²) in [7, 11) is -2.54. The zero-order valence-electron chi connectivity index (χ0n) is 12.5. The van der Waals surface area contributed by atoms with Crippen molar-refractivity contribution in [3.63, 3.8) is 0 Å². The van der Waals surface area contributed by atoms with Gasteiger partial charge in [-0.25, -0.2) is 0 Å². The van der Waals surface area contributed by atoms with Gasteiger partial charge in [-0.3, -0.25) is 0 Å².